The van der Waals surface area contributed by atoms with Crippen molar-refractivity contribution in [3.8, 4) is 0 Å². The van der Waals surface area contributed by atoms with Gasteiger partial charge in [0.15, 0.2) is 0 Å². The highest BCUT2D eigenvalue weighted by Crippen LogP contribution is 2.00. The molecule has 0 spiro atoms. The first-order chi connectivity index (χ1) is 6.49. The van der Waals surface area contributed by atoms with Crippen molar-refractivity contribution in [2.45, 2.75) is 33.4 Å². The van der Waals surface area contributed by atoms with Crippen molar-refractivity contribution in [1.29, 1.82) is 0 Å². The predicted octanol–water partition coefficient (Wildman–Crippen LogP) is 0.855. The van der Waals surface area contributed by atoms with Gasteiger partial charge in [0.1, 0.15) is 6.54 Å². The fraction of sp³-hybridized carbons (Fsp3) is 0.556. The molecule has 1 aromatic rings. The summed E-state index contributed by atoms with van der Waals surface area (Å²) >= 11 is 0. The topological polar surface area (TPSA) is 46.9 Å². The highest BCUT2D eigenvalue weighted by atomic mass is 19.1. The lowest BCUT2D eigenvalue weighted by atomic mass is 10.4. The lowest BCUT2D eigenvalue weighted by Crippen LogP contribution is -2.33. The van der Waals surface area contributed by atoms with Crippen molar-refractivity contribution in [2.24, 2.45) is 0 Å². The second-order valence-electron chi connectivity index (χ2n) is 3.49. The quantitative estimate of drug-likeness (QED) is 0.784. The molecule has 0 atom stereocenters. The lowest BCUT2D eigenvalue weighted by Gasteiger charge is -2.08. The van der Waals surface area contributed by atoms with Crippen LogP contribution in [0, 0.1) is 12.9 Å². The standard InChI is InChI=1S/C9H14FN3O/c1-6(2)11-9(14)5-13-8(10)4-7(3)12-13/h4,6H,5H2,1-3H3,(H,11,14). The number of hydrogen-bond acceptors (Lipinski definition) is 2. The van der Waals surface area contributed by atoms with Crippen LogP contribution in [-0.2, 0) is 11.3 Å². The molecule has 1 rings (SSSR count). The van der Waals surface area contributed by atoms with Crippen molar-refractivity contribution in [3.63, 3.8) is 0 Å². The smallest absolute Gasteiger partial charge is 0.242 e. The lowest BCUT2D eigenvalue weighted by molar-refractivity contribution is -0.122. The summed E-state index contributed by atoms with van der Waals surface area (Å²) in [6, 6.07) is 1.35. The van der Waals surface area contributed by atoms with Crippen molar-refractivity contribution in [2.75, 3.05) is 0 Å². The van der Waals surface area contributed by atoms with Gasteiger partial charge in [-0.05, 0) is 20.8 Å². The molecule has 0 fully saturated rings. The van der Waals surface area contributed by atoms with Crippen LogP contribution < -0.4 is 5.32 Å². The van der Waals surface area contributed by atoms with Crippen LogP contribution >= 0.6 is 0 Å². The van der Waals surface area contributed by atoms with E-state index in [1.807, 2.05) is 13.8 Å². The van der Waals surface area contributed by atoms with Crippen LogP contribution in [0.4, 0.5) is 4.39 Å². The third-order valence-corrected chi connectivity index (χ3v) is 1.60. The van der Waals surface area contributed by atoms with Crippen LogP contribution in [0.25, 0.3) is 0 Å². The van der Waals surface area contributed by atoms with Crippen molar-refractivity contribution < 1.29 is 9.18 Å². The van der Waals surface area contributed by atoms with Gasteiger partial charge in [0.2, 0.25) is 11.9 Å². The van der Waals surface area contributed by atoms with E-state index >= 15 is 0 Å². The zero-order valence-corrected chi connectivity index (χ0v) is 8.54. The number of aromatic nitrogens is 2. The van der Waals surface area contributed by atoms with E-state index in [-0.39, 0.29) is 18.5 Å². The molecule has 1 aromatic heterocycles. The monoisotopic (exact) mass is 199 g/mol. The Hall–Kier alpha value is -1.39. The molecule has 0 unspecified atom stereocenters. The Kier molecular flexibility index (Phi) is 3.22. The van der Waals surface area contributed by atoms with Crippen LogP contribution in [0.1, 0.15) is 19.5 Å². The van der Waals surface area contributed by atoms with E-state index in [0.717, 1.165) is 4.68 Å². The maximum absolute atomic E-state index is 13.0. The molecule has 0 aliphatic rings. The van der Waals surface area contributed by atoms with Crippen molar-refractivity contribution in [1.82, 2.24) is 15.1 Å². The summed E-state index contributed by atoms with van der Waals surface area (Å²) in [4.78, 5) is 11.2. The summed E-state index contributed by atoms with van der Waals surface area (Å²) < 4.78 is 14.1. The van der Waals surface area contributed by atoms with Crippen LogP contribution in [0.15, 0.2) is 6.07 Å². The van der Waals surface area contributed by atoms with E-state index < -0.39 is 5.95 Å². The van der Waals surface area contributed by atoms with E-state index in [0.29, 0.717) is 5.69 Å². The largest absolute Gasteiger partial charge is 0.352 e. The fourth-order valence-corrected chi connectivity index (χ4v) is 1.13. The van der Waals surface area contributed by atoms with Gasteiger partial charge >= 0.3 is 0 Å². The third-order valence-electron chi connectivity index (χ3n) is 1.60. The highest BCUT2D eigenvalue weighted by Gasteiger charge is 2.09. The first kappa shape index (κ1) is 10.7. The van der Waals surface area contributed by atoms with Crippen LogP contribution in [0.3, 0.4) is 0 Å². The molecule has 1 N–H and O–H groups in total. The number of aryl methyl sites for hydroxylation is 1. The van der Waals surface area contributed by atoms with Gasteiger partial charge in [-0.2, -0.15) is 9.49 Å². The minimum absolute atomic E-state index is 0.0576. The van der Waals surface area contributed by atoms with E-state index in [1.54, 1.807) is 6.92 Å². The zero-order chi connectivity index (χ0) is 10.7. The van der Waals surface area contributed by atoms with Gasteiger partial charge in [0, 0.05) is 12.1 Å². The molecule has 14 heavy (non-hydrogen) atoms. The Balaban J connectivity index is 2.60. The molecule has 1 heterocycles. The van der Waals surface area contributed by atoms with E-state index in [2.05, 4.69) is 10.4 Å². The summed E-state index contributed by atoms with van der Waals surface area (Å²) in [5.41, 5.74) is 0.569. The molecule has 1 amide bonds. The number of rotatable bonds is 3. The van der Waals surface area contributed by atoms with Gasteiger partial charge in [-0.25, -0.2) is 4.68 Å². The number of hydrogen-bond donors (Lipinski definition) is 1. The first-order valence-corrected chi connectivity index (χ1v) is 4.48. The van der Waals surface area contributed by atoms with E-state index in [4.69, 9.17) is 0 Å². The van der Waals surface area contributed by atoms with Gasteiger partial charge in [-0.3, -0.25) is 4.79 Å². The number of amides is 1. The number of nitrogens with zero attached hydrogens (tertiary/aromatic N) is 2. The molecular weight excluding hydrogens is 185 g/mol. The summed E-state index contributed by atoms with van der Waals surface area (Å²) in [5, 5.41) is 6.50. The molecule has 0 aliphatic carbocycles. The molecule has 0 radical (unpaired) electrons. The average Bonchev–Trinajstić information content (AvgIpc) is 2.28. The van der Waals surface area contributed by atoms with Crippen LogP contribution in [0.2, 0.25) is 0 Å². The summed E-state index contributed by atoms with van der Waals surface area (Å²) in [7, 11) is 0. The van der Waals surface area contributed by atoms with Gasteiger partial charge in [0.05, 0.1) is 5.69 Å². The number of carbonyl (C=O) groups excluding carboxylic acids is 1. The average molecular weight is 199 g/mol. The number of carbonyl (C=O) groups is 1. The summed E-state index contributed by atoms with van der Waals surface area (Å²) in [5.74, 6) is -0.719. The Morgan fingerprint density at radius 2 is 2.36 bits per heavy atom. The second-order valence-corrected chi connectivity index (χ2v) is 3.49. The Bertz CT molecular complexity index is 333. The van der Waals surface area contributed by atoms with Crippen molar-refractivity contribution in [3.05, 3.63) is 17.7 Å². The minimum Gasteiger partial charge on any atom is -0.352 e. The maximum atomic E-state index is 13.0. The van der Waals surface area contributed by atoms with E-state index in [9.17, 15) is 9.18 Å². The van der Waals surface area contributed by atoms with Crippen LogP contribution in [0.5, 0.6) is 0 Å². The molecule has 5 heteroatoms. The molecule has 4 nitrogen and oxygen atoms in total. The Morgan fingerprint density at radius 3 is 2.79 bits per heavy atom. The fourth-order valence-electron chi connectivity index (χ4n) is 1.13. The summed E-state index contributed by atoms with van der Waals surface area (Å²) in [6.45, 7) is 5.31. The van der Waals surface area contributed by atoms with E-state index in [1.165, 1.54) is 6.07 Å². The molecule has 78 valence electrons. The molecule has 0 saturated heterocycles. The first-order valence-electron chi connectivity index (χ1n) is 4.48. The third kappa shape index (κ3) is 2.83. The van der Waals surface area contributed by atoms with Gasteiger partial charge in [0.25, 0.3) is 0 Å². The molecule has 0 saturated carbocycles. The van der Waals surface area contributed by atoms with Gasteiger partial charge < -0.3 is 5.32 Å². The molecular formula is C9H14FN3O. The number of nitrogens with one attached hydrogen (secondary N) is 1. The highest BCUT2D eigenvalue weighted by molar-refractivity contribution is 5.75. The van der Waals surface area contributed by atoms with Gasteiger partial charge in [-0.15, -0.1) is 0 Å². The summed E-state index contributed by atoms with van der Waals surface area (Å²) in [6.07, 6.45) is 0. The molecule has 0 aliphatic heterocycles. The van der Waals surface area contributed by atoms with Gasteiger partial charge in [-0.1, -0.05) is 0 Å². The van der Waals surface area contributed by atoms with Crippen molar-refractivity contribution >= 4 is 5.91 Å². The number of halogens is 1. The predicted molar refractivity (Wildman–Crippen MR) is 50.2 cm³/mol. The zero-order valence-electron chi connectivity index (χ0n) is 8.54. The SMILES string of the molecule is Cc1cc(F)n(CC(=O)NC(C)C)n1. The Morgan fingerprint density at radius 1 is 1.71 bits per heavy atom. The minimum atomic E-state index is -0.485. The Labute approximate surface area is 82.1 Å². The second kappa shape index (κ2) is 4.21. The molecule has 0 aromatic carbocycles. The van der Waals surface area contributed by atoms with Crippen LogP contribution in [-0.4, -0.2) is 21.7 Å². The maximum Gasteiger partial charge on any atom is 0.242 e. The molecule has 0 bridgehead atoms. The normalized spacial score (nSPS) is 10.6.